The van der Waals surface area contributed by atoms with Gasteiger partial charge in [0, 0.05) is 30.5 Å². The number of aliphatic carboxylic acids is 1. The summed E-state index contributed by atoms with van der Waals surface area (Å²) in [6.45, 7) is 0.569. The van der Waals surface area contributed by atoms with Crippen LogP contribution in [0.15, 0.2) is 42.5 Å². The SMILES string of the molecule is O=C([O-])CCCC(=O)N1CCN2C(=O)c3cc(-c4ccc(Cl)cc4)ccc3NC(=O)[C@@H]2C1. The predicted octanol–water partition coefficient (Wildman–Crippen LogP) is 1.53. The minimum Gasteiger partial charge on any atom is -0.550 e. The Labute approximate surface area is 189 Å². The van der Waals surface area contributed by atoms with Crippen molar-refractivity contribution in [2.75, 3.05) is 25.0 Å². The van der Waals surface area contributed by atoms with Gasteiger partial charge in [0.05, 0.1) is 17.8 Å². The van der Waals surface area contributed by atoms with Crippen molar-refractivity contribution in [3.63, 3.8) is 0 Å². The fraction of sp³-hybridized carbons (Fsp3) is 0.304. The van der Waals surface area contributed by atoms with Crippen LogP contribution in [0.4, 0.5) is 5.69 Å². The van der Waals surface area contributed by atoms with Gasteiger partial charge in [-0.15, -0.1) is 0 Å². The van der Waals surface area contributed by atoms with Crippen LogP contribution in [0.2, 0.25) is 5.02 Å². The lowest BCUT2D eigenvalue weighted by atomic mass is 10.0. The molecule has 8 nitrogen and oxygen atoms in total. The van der Waals surface area contributed by atoms with Crippen LogP contribution in [0.3, 0.4) is 0 Å². The first-order chi connectivity index (χ1) is 15.3. The summed E-state index contributed by atoms with van der Waals surface area (Å²) in [5, 5.41) is 14.0. The quantitative estimate of drug-likeness (QED) is 0.736. The maximum atomic E-state index is 13.3. The normalized spacial score (nSPS) is 17.8. The molecule has 0 saturated carbocycles. The summed E-state index contributed by atoms with van der Waals surface area (Å²) in [5.74, 6) is -2.07. The molecule has 9 heteroatoms. The molecule has 2 aromatic carbocycles. The molecule has 0 aliphatic carbocycles. The number of halogens is 1. The van der Waals surface area contributed by atoms with Crippen LogP contribution >= 0.6 is 11.6 Å². The first-order valence-corrected chi connectivity index (χ1v) is 10.7. The number of amides is 3. The van der Waals surface area contributed by atoms with Gasteiger partial charge in [-0.3, -0.25) is 14.4 Å². The average Bonchev–Trinajstić information content (AvgIpc) is 2.88. The molecule has 2 aromatic rings. The Balaban J connectivity index is 1.54. The summed E-state index contributed by atoms with van der Waals surface area (Å²) in [5.41, 5.74) is 2.54. The second-order valence-corrected chi connectivity index (χ2v) is 8.27. The van der Waals surface area contributed by atoms with Gasteiger partial charge < -0.3 is 25.0 Å². The van der Waals surface area contributed by atoms with Gasteiger partial charge in [-0.05, 0) is 48.2 Å². The second-order valence-electron chi connectivity index (χ2n) is 7.84. The van der Waals surface area contributed by atoms with E-state index < -0.39 is 12.0 Å². The molecule has 1 saturated heterocycles. The first-order valence-electron chi connectivity index (χ1n) is 10.3. The van der Waals surface area contributed by atoms with Gasteiger partial charge in [-0.2, -0.15) is 0 Å². The molecule has 0 spiro atoms. The van der Waals surface area contributed by atoms with E-state index in [0.717, 1.165) is 11.1 Å². The van der Waals surface area contributed by atoms with Crippen molar-refractivity contribution in [3.05, 3.63) is 53.1 Å². The minimum atomic E-state index is -1.20. The van der Waals surface area contributed by atoms with Crippen molar-refractivity contribution in [2.45, 2.75) is 25.3 Å². The molecule has 0 bridgehead atoms. The number of anilines is 1. The smallest absolute Gasteiger partial charge is 0.256 e. The summed E-state index contributed by atoms with van der Waals surface area (Å²) in [7, 11) is 0. The third-order valence-corrected chi connectivity index (χ3v) is 6.01. The van der Waals surface area contributed by atoms with Crippen molar-refractivity contribution in [1.82, 2.24) is 9.80 Å². The van der Waals surface area contributed by atoms with Crippen LogP contribution in [0.1, 0.15) is 29.6 Å². The fourth-order valence-corrected chi connectivity index (χ4v) is 4.17. The zero-order valence-electron chi connectivity index (χ0n) is 17.2. The van der Waals surface area contributed by atoms with Crippen molar-refractivity contribution < 1.29 is 24.3 Å². The number of fused-ring (bicyclic) bond motifs is 2. The molecular formula is C23H21ClN3O5-. The molecule has 0 unspecified atom stereocenters. The number of nitrogens with zero attached hydrogens (tertiary/aromatic N) is 2. The molecule has 2 aliphatic heterocycles. The number of carboxylic acid groups (broad SMARTS) is 1. The molecule has 32 heavy (non-hydrogen) atoms. The number of hydrogen-bond acceptors (Lipinski definition) is 5. The number of piperazine rings is 1. The van der Waals surface area contributed by atoms with Crippen LogP contribution < -0.4 is 10.4 Å². The zero-order valence-corrected chi connectivity index (χ0v) is 17.9. The highest BCUT2D eigenvalue weighted by molar-refractivity contribution is 6.30. The van der Waals surface area contributed by atoms with Crippen LogP contribution in [0.5, 0.6) is 0 Å². The van der Waals surface area contributed by atoms with E-state index >= 15 is 0 Å². The summed E-state index contributed by atoms with van der Waals surface area (Å²) in [6.07, 6.45) is 0.0381. The molecule has 2 heterocycles. The Morgan fingerprint density at radius 1 is 1.03 bits per heavy atom. The zero-order chi connectivity index (χ0) is 22.8. The molecule has 2 aliphatic rings. The van der Waals surface area contributed by atoms with Crippen molar-refractivity contribution in [2.24, 2.45) is 0 Å². The first kappa shape index (κ1) is 21.8. The largest absolute Gasteiger partial charge is 0.550 e. The van der Waals surface area contributed by atoms with Gasteiger partial charge >= 0.3 is 0 Å². The highest BCUT2D eigenvalue weighted by Gasteiger charge is 2.40. The topological polar surface area (TPSA) is 110 Å². The molecule has 4 rings (SSSR count). The lowest BCUT2D eigenvalue weighted by Crippen LogP contribution is -2.59. The highest BCUT2D eigenvalue weighted by Crippen LogP contribution is 2.30. The number of carbonyl (C=O) groups excluding carboxylic acids is 4. The van der Waals surface area contributed by atoms with E-state index in [0.29, 0.717) is 16.3 Å². The molecule has 1 N–H and O–H groups in total. The van der Waals surface area contributed by atoms with Gasteiger partial charge in [0.25, 0.3) is 5.91 Å². The van der Waals surface area contributed by atoms with E-state index in [-0.39, 0.29) is 56.6 Å². The van der Waals surface area contributed by atoms with Gasteiger partial charge in [-0.1, -0.05) is 29.8 Å². The Bertz CT molecular complexity index is 1090. The summed E-state index contributed by atoms with van der Waals surface area (Å²) < 4.78 is 0. The van der Waals surface area contributed by atoms with Crippen LogP contribution in [0.25, 0.3) is 11.1 Å². The monoisotopic (exact) mass is 454 g/mol. The lowest BCUT2D eigenvalue weighted by Gasteiger charge is -2.39. The third kappa shape index (κ3) is 4.45. The number of benzene rings is 2. The van der Waals surface area contributed by atoms with E-state index in [9.17, 15) is 24.3 Å². The van der Waals surface area contributed by atoms with Crippen molar-refractivity contribution >= 4 is 41.0 Å². The minimum absolute atomic E-state index is 0.0565. The average molecular weight is 455 g/mol. The van der Waals surface area contributed by atoms with E-state index in [1.807, 2.05) is 18.2 Å². The van der Waals surface area contributed by atoms with E-state index in [1.54, 1.807) is 24.3 Å². The van der Waals surface area contributed by atoms with Gasteiger partial charge in [-0.25, -0.2) is 0 Å². The lowest BCUT2D eigenvalue weighted by molar-refractivity contribution is -0.305. The van der Waals surface area contributed by atoms with Gasteiger partial charge in [0.15, 0.2) is 0 Å². The van der Waals surface area contributed by atoms with Crippen LogP contribution in [-0.2, 0) is 14.4 Å². The second kappa shape index (κ2) is 9.00. The number of carbonyl (C=O) groups is 4. The number of carboxylic acids is 1. The number of nitrogens with one attached hydrogen (secondary N) is 1. The highest BCUT2D eigenvalue weighted by atomic mass is 35.5. The van der Waals surface area contributed by atoms with E-state index in [1.165, 1.54) is 9.80 Å². The van der Waals surface area contributed by atoms with Crippen molar-refractivity contribution in [1.29, 1.82) is 0 Å². The number of hydrogen-bond donors (Lipinski definition) is 1. The van der Waals surface area contributed by atoms with Crippen LogP contribution in [0, 0.1) is 0 Å². The summed E-state index contributed by atoms with van der Waals surface area (Å²) >= 11 is 5.96. The third-order valence-electron chi connectivity index (χ3n) is 5.75. The molecule has 166 valence electrons. The summed E-state index contributed by atoms with van der Waals surface area (Å²) in [6, 6.07) is 11.7. The Kier molecular flexibility index (Phi) is 6.14. The molecule has 0 radical (unpaired) electrons. The summed E-state index contributed by atoms with van der Waals surface area (Å²) in [4.78, 5) is 52.2. The molecular weight excluding hydrogens is 434 g/mol. The molecule has 0 aromatic heterocycles. The standard InChI is InChI=1S/C23H22ClN3O5/c24-16-7-4-14(5-8-16)15-6-9-18-17(12-15)23(32)27-11-10-26(13-19(27)22(31)25-18)20(28)2-1-3-21(29)30/h4-9,12,19H,1-3,10-11,13H2,(H,25,31)(H,29,30)/p-1/t19-/m0/s1. The number of rotatable bonds is 5. The fourth-order valence-electron chi connectivity index (χ4n) is 4.04. The molecule has 1 atom stereocenters. The van der Waals surface area contributed by atoms with Crippen molar-refractivity contribution in [3.8, 4) is 11.1 Å². The molecule has 3 amide bonds. The van der Waals surface area contributed by atoms with Gasteiger partial charge in [0.2, 0.25) is 11.8 Å². The van der Waals surface area contributed by atoms with Crippen LogP contribution in [-0.4, -0.2) is 59.2 Å². The maximum absolute atomic E-state index is 13.3. The van der Waals surface area contributed by atoms with Gasteiger partial charge in [0.1, 0.15) is 6.04 Å². The Morgan fingerprint density at radius 3 is 2.47 bits per heavy atom. The Morgan fingerprint density at radius 2 is 1.75 bits per heavy atom. The predicted molar refractivity (Wildman–Crippen MR) is 116 cm³/mol. The maximum Gasteiger partial charge on any atom is 0.256 e. The van der Waals surface area contributed by atoms with E-state index in [4.69, 9.17) is 11.6 Å². The molecule has 1 fully saturated rings. The Hall–Kier alpha value is -3.39. The van der Waals surface area contributed by atoms with E-state index in [2.05, 4.69) is 5.32 Å².